The molecule has 2 saturated carbocycles. The van der Waals surface area contributed by atoms with E-state index in [2.05, 4.69) is 20.8 Å². The summed E-state index contributed by atoms with van der Waals surface area (Å²) in [6.45, 7) is 8.26. The first kappa shape index (κ1) is 16.2. The van der Waals surface area contributed by atoms with Crippen LogP contribution in [0.15, 0.2) is 0 Å². The van der Waals surface area contributed by atoms with E-state index in [1.165, 1.54) is 0 Å². The largest absolute Gasteiger partial charge is 0.390 e. The highest BCUT2D eigenvalue weighted by Crippen LogP contribution is 2.59. The van der Waals surface area contributed by atoms with Crippen LogP contribution >= 0.6 is 0 Å². The van der Waals surface area contributed by atoms with Crippen molar-refractivity contribution in [3.05, 3.63) is 0 Å². The fourth-order valence-corrected chi connectivity index (χ4v) is 5.16. The number of aliphatic hydroxyl groups is 1. The molecule has 4 nitrogen and oxygen atoms in total. The normalized spacial score (nSPS) is 44.9. The second-order valence-corrected chi connectivity index (χ2v) is 9.73. The third-order valence-corrected chi connectivity index (χ3v) is 6.05. The molecule has 0 spiro atoms. The maximum absolute atomic E-state index is 11.6. The molecule has 1 N–H and O–H groups in total. The Labute approximate surface area is 123 Å². The molecule has 2 aliphatic carbocycles. The van der Waals surface area contributed by atoms with E-state index in [1.807, 2.05) is 6.92 Å². The molecule has 0 unspecified atom stereocenters. The molecule has 2 aliphatic rings. The minimum atomic E-state index is -3.48. The molecule has 0 radical (unpaired) electrons. The number of hydrogen-bond acceptors (Lipinski definition) is 4. The molecule has 20 heavy (non-hydrogen) atoms. The molecule has 5 heteroatoms. The summed E-state index contributed by atoms with van der Waals surface area (Å²) >= 11 is 0. The Morgan fingerprint density at radius 1 is 1.10 bits per heavy atom. The summed E-state index contributed by atoms with van der Waals surface area (Å²) in [4.78, 5) is 0. The Kier molecular flexibility index (Phi) is 3.80. The van der Waals surface area contributed by atoms with Crippen molar-refractivity contribution in [2.45, 2.75) is 71.5 Å². The van der Waals surface area contributed by atoms with Crippen molar-refractivity contribution >= 4 is 10.1 Å². The predicted molar refractivity (Wildman–Crippen MR) is 78.8 cm³/mol. The van der Waals surface area contributed by atoms with Crippen molar-refractivity contribution in [1.29, 1.82) is 0 Å². The molecule has 2 fully saturated rings. The molecular formula is C15H28O4S. The van der Waals surface area contributed by atoms with Gasteiger partial charge in [-0.05, 0) is 50.4 Å². The monoisotopic (exact) mass is 304 g/mol. The smallest absolute Gasteiger partial charge is 0.264 e. The molecule has 4 atom stereocenters. The maximum atomic E-state index is 11.6. The Bertz CT molecular complexity index is 480. The first-order valence-corrected chi connectivity index (χ1v) is 9.28. The number of hydrogen-bond donors (Lipinski definition) is 1. The van der Waals surface area contributed by atoms with Gasteiger partial charge in [0.15, 0.2) is 0 Å². The predicted octanol–water partition coefficient (Wildman–Crippen LogP) is 2.71. The highest BCUT2D eigenvalue weighted by molar-refractivity contribution is 7.86. The lowest BCUT2D eigenvalue weighted by molar-refractivity contribution is -0.175. The zero-order chi connectivity index (χ0) is 15.4. The average molecular weight is 304 g/mol. The van der Waals surface area contributed by atoms with Crippen LogP contribution in [0.1, 0.15) is 59.8 Å². The van der Waals surface area contributed by atoms with Gasteiger partial charge in [0.1, 0.15) is 0 Å². The molecule has 0 saturated heterocycles. The van der Waals surface area contributed by atoms with Crippen LogP contribution in [0.25, 0.3) is 0 Å². The minimum Gasteiger partial charge on any atom is -0.390 e. The van der Waals surface area contributed by atoms with E-state index < -0.39 is 15.7 Å². The van der Waals surface area contributed by atoms with Gasteiger partial charge < -0.3 is 5.11 Å². The molecule has 0 bridgehead atoms. The lowest BCUT2D eigenvalue weighted by Crippen LogP contribution is -2.59. The average Bonchev–Trinajstić information content (AvgIpc) is 2.19. The Morgan fingerprint density at radius 3 is 2.25 bits per heavy atom. The van der Waals surface area contributed by atoms with Crippen molar-refractivity contribution in [3.63, 3.8) is 0 Å². The third-order valence-electron chi connectivity index (χ3n) is 5.47. The Hall–Kier alpha value is -0.130. The van der Waals surface area contributed by atoms with E-state index in [0.29, 0.717) is 0 Å². The second-order valence-electron chi connectivity index (χ2n) is 8.13. The zero-order valence-electron chi connectivity index (χ0n) is 13.3. The van der Waals surface area contributed by atoms with Crippen LogP contribution in [-0.4, -0.2) is 31.5 Å². The summed E-state index contributed by atoms with van der Waals surface area (Å²) in [7, 11) is -3.48. The molecule has 0 aromatic rings. The van der Waals surface area contributed by atoms with Gasteiger partial charge in [-0.2, -0.15) is 8.42 Å². The van der Waals surface area contributed by atoms with E-state index in [9.17, 15) is 13.5 Å². The van der Waals surface area contributed by atoms with Crippen molar-refractivity contribution in [2.75, 3.05) is 6.26 Å². The maximum Gasteiger partial charge on any atom is 0.264 e. The topological polar surface area (TPSA) is 63.6 Å². The lowest BCUT2D eigenvalue weighted by atomic mass is 9.50. The van der Waals surface area contributed by atoms with Crippen LogP contribution in [0.4, 0.5) is 0 Å². The summed E-state index contributed by atoms with van der Waals surface area (Å²) in [6.07, 6.45) is 5.05. The lowest BCUT2D eigenvalue weighted by Gasteiger charge is -2.59. The van der Waals surface area contributed by atoms with E-state index in [4.69, 9.17) is 4.18 Å². The van der Waals surface area contributed by atoms with Gasteiger partial charge in [0.2, 0.25) is 0 Å². The van der Waals surface area contributed by atoms with Crippen LogP contribution in [0, 0.1) is 16.7 Å². The van der Waals surface area contributed by atoms with Gasteiger partial charge >= 0.3 is 0 Å². The van der Waals surface area contributed by atoms with Crippen LogP contribution in [0.3, 0.4) is 0 Å². The van der Waals surface area contributed by atoms with Gasteiger partial charge in [0, 0.05) is 5.41 Å². The standard InChI is InChI=1S/C15H28O4S/c1-13(2)9-11-14(3,7-6-8-15(11,4)16)12(10-13)19-20(5,17)18/h11-12,16H,6-10H2,1-5H3/t11-,12+,14+,15+/m1/s1. The summed E-state index contributed by atoms with van der Waals surface area (Å²) in [5, 5.41) is 10.8. The molecule has 0 heterocycles. The van der Waals surface area contributed by atoms with Crippen molar-refractivity contribution in [1.82, 2.24) is 0 Å². The molecule has 118 valence electrons. The number of fused-ring (bicyclic) bond motifs is 1. The SMILES string of the molecule is CC1(C)C[C@H](OS(C)(=O)=O)[C@@]2(C)CCC[C@](C)(O)[C@@H]2C1. The van der Waals surface area contributed by atoms with Crippen LogP contribution in [-0.2, 0) is 14.3 Å². The van der Waals surface area contributed by atoms with E-state index in [0.717, 1.165) is 38.4 Å². The molecule has 0 aromatic heterocycles. The Morgan fingerprint density at radius 2 is 1.70 bits per heavy atom. The van der Waals surface area contributed by atoms with Gasteiger partial charge in [-0.1, -0.05) is 20.8 Å². The van der Waals surface area contributed by atoms with Gasteiger partial charge in [-0.15, -0.1) is 0 Å². The highest BCUT2D eigenvalue weighted by Gasteiger charge is 2.58. The van der Waals surface area contributed by atoms with Gasteiger partial charge in [-0.25, -0.2) is 0 Å². The summed E-state index contributed by atoms with van der Waals surface area (Å²) < 4.78 is 28.6. The highest BCUT2D eigenvalue weighted by atomic mass is 32.2. The van der Waals surface area contributed by atoms with E-state index in [1.54, 1.807) is 0 Å². The van der Waals surface area contributed by atoms with Gasteiger partial charge in [0.25, 0.3) is 10.1 Å². The van der Waals surface area contributed by atoms with Crippen molar-refractivity contribution in [2.24, 2.45) is 16.7 Å². The van der Waals surface area contributed by atoms with Crippen molar-refractivity contribution < 1.29 is 17.7 Å². The van der Waals surface area contributed by atoms with Crippen molar-refractivity contribution in [3.8, 4) is 0 Å². The van der Waals surface area contributed by atoms with E-state index >= 15 is 0 Å². The quantitative estimate of drug-likeness (QED) is 0.797. The summed E-state index contributed by atoms with van der Waals surface area (Å²) in [5.74, 6) is 0.0826. The third kappa shape index (κ3) is 3.04. The molecule has 0 aromatic carbocycles. The molecular weight excluding hydrogens is 276 g/mol. The summed E-state index contributed by atoms with van der Waals surface area (Å²) in [5.41, 5.74) is -1.01. The van der Waals surface area contributed by atoms with Gasteiger partial charge in [-0.3, -0.25) is 4.18 Å². The first-order valence-electron chi connectivity index (χ1n) is 7.46. The molecule has 2 rings (SSSR count). The van der Waals surface area contributed by atoms with Crippen LogP contribution in [0.2, 0.25) is 0 Å². The first-order chi connectivity index (χ1) is 8.86. The molecule has 0 amide bonds. The molecule has 0 aliphatic heterocycles. The minimum absolute atomic E-state index is 0.0130. The second kappa shape index (κ2) is 4.68. The Balaban J connectivity index is 2.40. The summed E-state index contributed by atoms with van der Waals surface area (Å²) in [6, 6.07) is 0. The van der Waals surface area contributed by atoms with Crippen LogP contribution < -0.4 is 0 Å². The zero-order valence-corrected chi connectivity index (χ0v) is 14.1. The fourth-order valence-electron chi connectivity index (χ4n) is 4.45. The van der Waals surface area contributed by atoms with Gasteiger partial charge in [0.05, 0.1) is 18.0 Å². The van der Waals surface area contributed by atoms with Crippen LogP contribution in [0.5, 0.6) is 0 Å². The van der Waals surface area contributed by atoms with E-state index in [-0.39, 0.29) is 22.9 Å². The number of rotatable bonds is 2. The fraction of sp³-hybridized carbons (Fsp3) is 1.00.